The van der Waals surface area contributed by atoms with Gasteiger partial charge >= 0.3 is 6.03 Å². The number of urea groups is 1. The van der Waals surface area contributed by atoms with Crippen molar-refractivity contribution in [1.29, 1.82) is 0 Å². The van der Waals surface area contributed by atoms with E-state index >= 15 is 0 Å². The molecule has 2 saturated heterocycles. The number of anilines is 1. The summed E-state index contributed by atoms with van der Waals surface area (Å²) in [6, 6.07) is 10.2. The van der Waals surface area contributed by atoms with Crippen LogP contribution < -0.4 is 20.3 Å². The summed E-state index contributed by atoms with van der Waals surface area (Å²) in [5.41, 5.74) is 0.743. The molecule has 5 heteroatoms. The number of ether oxygens (including phenoxy) is 1. The van der Waals surface area contributed by atoms with Gasteiger partial charge in [-0.3, -0.25) is 0 Å². The molecule has 2 bridgehead atoms. The summed E-state index contributed by atoms with van der Waals surface area (Å²) < 4.78 is 5.62. The molecule has 5 nitrogen and oxygen atoms in total. The van der Waals surface area contributed by atoms with E-state index in [2.05, 4.69) is 10.6 Å². The highest BCUT2D eigenvalue weighted by Gasteiger charge is 2.45. The predicted molar refractivity (Wildman–Crippen MR) is 112 cm³/mol. The zero-order chi connectivity index (χ0) is 19.3. The number of piperidine rings is 2. The summed E-state index contributed by atoms with van der Waals surface area (Å²) in [5, 5.41) is 6.27. The molecular weight excluding hydrogens is 350 g/mol. The lowest BCUT2D eigenvalue weighted by Gasteiger charge is -2.50. The third-order valence-corrected chi connectivity index (χ3v) is 7.03. The average Bonchev–Trinajstić information content (AvgIpc) is 2.69. The Kier molecular flexibility index (Phi) is 6.40. The molecule has 1 saturated carbocycles. The van der Waals surface area contributed by atoms with Crippen LogP contribution in [0.1, 0.15) is 71.1 Å². The Balaban J connectivity index is 1.35. The van der Waals surface area contributed by atoms with Gasteiger partial charge in [-0.1, -0.05) is 18.6 Å². The van der Waals surface area contributed by atoms with E-state index in [0.717, 1.165) is 42.4 Å². The van der Waals surface area contributed by atoms with Gasteiger partial charge < -0.3 is 20.3 Å². The first-order valence-corrected chi connectivity index (χ1v) is 11.4. The maximum absolute atomic E-state index is 12.7. The molecule has 2 aliphatic heterocycles. The lowest BCUT2D eigenvalue weighted by Crippen LogP contribution is -3.24. The van der Waals surface area contributed by atoms with Crippen molar-refractivity contribution in [3.05, 3.63) is 24.3 Å². The first kappa shape index (κ1) is 19.6. The molecule has 0 spiro atoms. The van der Waals surface area contributed by atoms with E-state index in [1.807, 2.05) is 36.1 Å². The van der Waals surface area contributed by atoms with Crippen molar-refractivity contribution < 1.29 is 14.4 Å². The quantitative estimate of drug-likeness (QED) is 0.725. The summed E-state index contributed by atoms with van der Waals surface area (Å²) >= 11 is 0. The fourth-order valence-electron chi connectivity index (χ4n) is 5.98. The molecule has 3 aliphatic rings. The third kappa shape index (κ3) is 4.45. The molecule has 3 N–H and O–H groups in total. The predicted octanol–water partition coefficient (Wildman–Crippen LogP) is 3.51. The lowest BCUT2D eigenvalue weighted by molar-refractivity contribution is -0.984. The van der Waals surface area contributed by atoms with Gasteiger partial charge in [-0.25, -0.2) is 4.79 Å². The molecule has 154 valence electrons. The standard InChI is InChI=1S/C23H35N3O2/c1-2-28-22-14-7-6-13-21(22)25-23(27)24-17-15-19-11-8-12-20(16-17)26(19)18-9-4-3-5-10-18/h6-7,13-14,17-20H,2-5,8-12,15-16H2,1H3,(H2,24,25,27)/p+1/t17?,19-,20+. The molecule has 0 aromatic heterocycles. The number of carbonyl (C=O) groups is 1. The van der Waals surface area contributed by atoms with Crippen LogP contribution in [0.25, 0.3) is 0 Å². The Morgan fingerprint density at radius 1 is 1.00 bits per heavy atom. The van der Waals surface area contributed by atoms with Crippen LogP contribution >= 0.6 is 0 Å². The van der Waals surface area contributed by atoms with Gasteiger partial charge in [0.05, 0.1) is 30.4 Å². The minimum Gasteiger partial charge on any atom is -0.492 e. The topological polar surface area (TPSA) is 54.8 Å². The Morgan fingerprint density at radius 2 is 1.68 bits per heavy atom. The number of quaternary nitrogens is 1. The van der Waals surface area contributed by atoms with Crippen molar-refractivity contribution in [2.24, 2.45) is 0 Å². The Bertz CT molecular complexity index is 645. The van der Waals surface area contributed by atoms with Gasteiger partial charge in [0.15, 0.2) is 0 Å². The molecular formula is C23H36N3O2+. The number of hydrogen-bond donors (Lipinski definition) is 3. The van der Waals surface area contributed by atoms with Gasteiger partial charge in [0.1, 0.15) is 5.75 Å². The zero-order valence-electron chi connectivity index (χ0n) is 17.2. The number of fused-ring (bicyclic) bond motifs is 2. The molecule has 1 aliphatic carbocycles. The van der Waals surface area contributed by atoms with Gasteiger partial charge in [0, 0.05) is 18.9 Å². The maximum atomic E-state index is 12.7. The number of rotatable bonds is 5. The fourth-order valence-corrected chi connectivity index (χ4v) is 5.98. The third-order valence-electron chi connectivity index (χ3n) is 7.03. The molecule has 1 aromatic carbocycles. The number of carbonyl (C=O) groups excluding carboxylic acids is 1. The molecule has 2 amide bonds. The van der Waals surface area contributed by atoms with Crippen LogP contribution in [0.4, 0.5) is 10.5 Å². The van der Waals surface area contributed by atoms with Crippen LogP contribution in [-0.2, 0) is 0 Å². The Morgan fingerprint density at radius 3 is 2.39 bits per heavy atom. The zero-order valence-corrected chi connectivity index (χ0v) is 17.2. The van der Waals surface area contributed by atoms with E-state index in [9.17, 15) is 4.79 Å². The van der Waals surface area contributed by atoms with Gasteiger partial charge in [-0.15, -0.1) is 0 Å². The van der Waals surface area contributed by atoms with Crippen molar-refractivity contribution in [2.75, 3.05) is 11.9 Å². The van der Waals surface area contributed by atoms with Crippen molar-refractivity contribution >= 4 is 11.7 Å². The van der Waals surface area contributed by atoms with Crippen LogP contribution in [0.2, 0.25) is 0 Å². The van der Waals surface area contributed by atoms with Crippen molar-refractivity contribution in [2.45, 2.75) is 95.3 Å². The minimum absolute atomic E-state index is 0.101. The summed E-state index contributed by atoms with van der Waals surface area (Å²) in [6.45, 7) is 2.55. The molecule has 2 unspecified atom stereocenters. The second-order valence-electron chi connectivity index (χ2n) is 8.86. The molecule has 1 aromatic rings. The van der Waals surface area contributed by atoms with E-state index in [1.165, 1.54) is 51.4 Å². The molecule has 3 fully saturated rings. The summed E-state index contributed by atoms with van der Waals surface area (Å²) in [7, 11) is 0. The average molecular weight is 387 g/mol. The highest BCUT2D eigenvalue weighted by atomic mass is 16.5. The van der Waals surface area contributed by atoms with Crippen molar-refractivity contribution in [3.8, 4) is 5.75 Å². The monoisotopic (exact) mass is 386 g/mol. The van der Waals surface area contributed by atoms with Crippen LogP contribution in [0.5, 0.6) is 5.75 Å². The molecule has 28 heavy (non-hydrogen) atoms. The lowest BCUT2D eigenvalue weighted by atomic mass is 9.78. The van der Waals surface area contributed by atoms with E-state index in [0.29, 0.717) is 12.6 Å². The smallest absolute Gasteiger partial charge is 0.319 e. The number of amides is 2. The van der Waals surface area contributed by atoms with Crippen molar-refractivity contribution in [3.63, 3.8) is 0 Å². The maximum Gasteiger partial charge on any atom is 0.319 e. The van der Waals surface area contributed by atoms with Gasteiger partial charge in [0.25, 0.3) is 0 Å². The summed E-state index contributed by atoms with van der Waals surface area (Å²) in [5.74, 6) is 0.730. The van der Waals surface area contributed by atoms with Gasteiger partial charge in [-0.2, -0.15) is 0 Å². The first-order valence-electron chi connectivity index (χ1n) is 11.4. The number of hydrogen-bond acceptors (Lipinski definition) is 2. The van der Waals surface area contributed by atoms with Crippen LogP contribution in [0, 0.1) is 0 Å². The number of nitrogens with one attached hydrogen (secondary N) is 3. The minimum atomic E-state index is -0.101. The van der Waals surface area contributed by atoms with Crippen LogP contribution in [0.3, 0.4) is 0 Å². The molecule has 4 atom stereocenters. The van der Waals surface area contributed by atoms with Crippen LogP contribution in [0.15, 0.2) is 24.3 Å². The second-order valence-corrected chi connectivity index (χ2v) is 8.86. The second kappa shape index (κ2) is 9.17. The number of benzene rings is 1. The summed E-state index contributed by atoms with van der Waals surface area (Å²) in [6.07, 6.45) is 13.4. The fraction of sp³-hybridized carbons (Fsp3) is 0.696. The highest BCUT2D eigenvalue weighted by Crippen LogP contribution is 2.27. The van der Waals surface area contributed by atoms with E-state index < -0.39 is 0 Å². The first-order chi connectivity index (χ1) is 13.7. The highest BCUT2D eigenvalue weighted by molar-refractivity contribution is 5.91. The number of para-hydroxylation sites is 2. The molecule has 4 rings (SSSR count). The SMILES string of the molecule is CCOc1ccccc1NC(=O)NC1C[C@H]2CCC[C@@H](C1)[NH+]2C1CCCCC1. The van der Waals surface area contributed by atoms with Gasteiger partial charge in [-0.05, 0) is 64.0 Å². The summed E-state index contributed by atoms with van der Waals surface area (Å²) in [4.78, 5) is 14.5. The Hall–Kier alpha value is -1.75. The molecule has 2 heterocycles. The molecule has 0 radical (unpaired) electrons. The van der Waals surface area contributed by atoms with E-state index in [1.54, 1.807) is 0 Å². The van der Waals surface area contributed by atoms with Gasteiger partial charge in [0.2, 0.25) is 0 Å². The normalized spacial score (nSPS) is 30.5. The van der Waals surface area contributed by atoms with E-state index in [4.69, 9.17) is 4.74 Å². The van der Waals surface area contributed by atoms with E-state index in [-0.39, 0.29) is 6.03 Å². The van der Waals surface area contributed by atoms with Crippen molar-refractivity contribution in [1.82, 2.24) is 5.32 Å². The Labute approximate surface area is 169 Å². The largest absolute Gasteiger partial charge is 0.492 e. The van der Waals surface area contributed by atoms with Crippen LogP contribution in [-0.4, -0.2) is 36.8 Å².